The number of hydrogen-bond acceptors (Lipinski definition) is 37. The maximum Gasteiger partial charge on any atom is 0.364 e. The molecule has 3 amide bonds. The number of rotatable bonds is 54. The topological polar surface area (TPSA) is 674 Å². The Bertz CT molecular complexity index is 3080. The molecule has 6 aliphatic rings. The quantitative estimate of drug-likeness (QED) is 0.0200. The number of Topliss-reactive ketones (excluding diaryl/α,β-unsaturated/α-hetero) is 1. The Balaban J connectivity index is 1.33. The number of carboxylic acids is 2. The molecule has 0 aromatic heterocycles. The van der Waals surface area contributed by atoms with Crippen molar-refractivity contribution in [3.05, 3.63) is 12.2 Å². The molecule has 0 aromatic carbocycles. The average molecular weight is 1750 g/mol. The number of allylic oxidation sites excluding steroid dienone is 1. The predicted octanol–water partition coefficient (Wildman–Crippen LogP) is -5.12. The molecule has 0 saturated carbocycles. The van der Waals surface area contributed by atoms with Crippen molar-refractivity contribution < 1.29 is 193 Å². The van der Waals surface area contributed by atoms with Crippen LogP contribution in [0.1, 0.15) is 195 Å². The Kier molecular flexibility index (Phi) is 45.3. The summed E-state index contributed by atoms with van der Waals surface area (Å²) in [6.45, 7) is -0.709. The molecule has 6 saturated heterocycles. The van der Waals surface area contributed by atoms with Gasteiger partial charge in [0.25, 0.3) is 11.6 Å². The van der Waals surface area contributed by atoms with Gasteiger partial charge < -0.3 is 185 Å². The normalized spacial score (nSPS) is 36.3. The lowest BCUT2D eigenvalue weighted by Gasteiger charge is -2.53. The van der Waals surface area contributed by atoms with E-state index in [9.17, 15) is 136 Å². The zero-order chi connectivity index (χ0) is 89.6. The first-order valence-corrected chi connectivity index (χ1v) is 42.4. The van der Waals surface area contributed by atoms with Gasteiger partial charge in [0.15, 0.2) is 25.2 Å². The minimum absolute atomic E-state index is 0.0956. The lowest BCUT2D eigenvalue weighted by atomic mass is 9.86. The summed E-state index contributed by atoms with van der Waals surface area (Å²) in [5.74, 6) is -16.1. The molecule has 702 valence electrons. The molecule has 34 atom stereocenters. The maximum absolute atomic E-state index is 14.0. The Morgan fingerprint density at radius 2 is 0.851 bits per heavy atom. The molecule has 42 heteroatoms. The van der Waals surface area contributed by atoms with Crippen LogP contribution in [0, 0.1) is 5.92 Å². The standard InChI is InChI=1S/C79H137N3O39/c1-6-8-10-12-14-16-17-18-19-21-22-24-26-28-45(92)44(82-54(97)29-27-25-23-20-15-13-11-9-7-2)39-110-73-62(103)61(102)66(52(37-87)113-73)116-75-64(105)71(121-79(77(108)109)32-47(94)56(81-42(5)91)69(119-79)58(99)49(96)34-84)67(53(38-88)114-75)117-72-43(30-40(3)89)65(59(100)50(35-85)111-72)115-74-63(104)70(60(101)51(36-86)112-74)120-78(76(106)107)31-46(93)55(80-41(4)90)68(118-78)57(98)48(95)33-83/h26,28,43-53,55-75,83-88,92-96,98-105H,6-25,27,29-39H2,1-5H3,(H,80,90)(H,81,91)(H,82,97)(H,106,107)(H,108,109)/b28-26-/t43-,44+,45-,46+,47+,48-,49-,50-,51-,52-,53-,55-,56-,57-,58-,59+,60+,61-,62-,63-,64-,65-,66-,67+,68?,69?,70+,71-,72+,73-,74+,75+,78+,79+/m1/s1. The van der Waals surface area contributed by atoms with E-state index in [0.717, 1.165) is 104 Å². The van der Waals surface area contributed by atoms with Gasteiger partial charge in [-0.05, 0) is 26.2 Å². The van der Waals surface area contributed by atoms with Gasteiger partial charge in [-0.15, -0.1) is 0 Å². The molecule has 0 aromatic rings. The first-order chi connectivity index (χ1) is 57.6. The summed E-state index contributed by atoms with van der Waals surface area (Å²) in [6, 6.07) is -4.77. The van der Waals surface area contributed by atoms with Crippen LogP contribution in [0.5, 0.6) is 0 Å². The number of carbonyl (C=O) groups is 6. The first-order valence-electron chi connectivity index (χ1n) is 42.4. The highest BCUT2D eigenvalue weighted by Crippen LogP contribution is 2.44. The highest BCUT2D eigenvalue weighted by atomic mass is 16.8. The van der Waals surface area contributed by atoms with Crippen LogP contribution in [-0.2, 0) is 85.6 Å². The van der Waals surface area contributed by atoms with Crippen molar-refractivity contribution in [1.82, 2.24) is 16.0 Å². The van der Waals surface area contributed by atoms with Crippen LogP contribution in [0.4, 0.5) is 0 Å². The van der Waals surface area contributed by atoms with Crippen LogP contribution in [0.25, 0.3) is 0 Å². The second-order valence-corrected chi connectivity index (χ2v) is 32.5. The van der Waals surface area contributed by atoms with Crippen LogP contribution in [0.15, 0.2) is 12.2 Å². The van der Waals surface area contributed by atoms with Gasteiger partial charge in [0.2, 0.25) is 17.7 Å². The van der Waals surface area contributed by atoms with Crippen molar-refractivity contribution in [3.63, 3.8) is 0 Å². The molecular weight excluding hydrogens is 1610 g/mol. The summed E-state index contributed by atoms with van der Waals surface area (Å²) in [6.07, 6.45) is -40.2. The molecule has 6 rings (SSSR count). The number of carbonyl (C=O) groups excluding carboxylic acids is 4. The number of nitrogens with one attached hydrogen (secondary N) is 3. The van der Waals surface area contributed by atoms with E-state index in [0.29, 0.717) is 12.8 Å². The minimum Gasteiger partial charge on any atom is -0.477 e. The minimum atomic E-state index is -3.48. The fourth-order valence-corrected chi connectivity index (χ4v) is 16.1. The molecule has 6 heterocycles. The molecule has 24 N–H and O–H groups in total. The summed E-state index contributed by atoms with van der Waals surface area (Å²) >= 11 is 0. The van der Waals surface area contributed by atoms with E-state index in [1.165, 1.54) is 44.6 Å². The van der Waals surface area contributed by atoms with Gasteiger partial charge in [-0.3, -0.25) is 14.4 Å². The third-order valence-electron chi connectivity index (χ3n) is 22.9. The highest BCUT2D eigenvalue weighted by Gasteiger charge is 2.64. The molecule has 0 spiro atoms. The summed E-state index contributed by atoms with van der Waals surface area (Å²) in [7, 11) is 0. The number of amides is 3. The number of unbranched alkanes of at least 4 members (excludes halogenated alkanes) is 19. The van der Waals surface area contributed by atoms with Gasteiger partial charge in [0, 0.05) is 45.4 Å². The Morgan fingerprint density at radius 1 is 0.455 bits per heavy atom. The monoisotopic (exact) mass is 1750 g/mol. The lowest BCUT2D eigenvalue weighted by molar-refractivity contribution is -0.408. The van der Waals surface area contributed by atoms with E-state index in [1.54, 1.807) is 6.08 Å². The number of aliphatic hydroxyl groups excluding tert-OH is 19. The van der Waals surface area contributed by atoms with Crippen LogP contribution in [0.3, 0.4) is 0 Å². The molecule has 2 unspecified atom stereocenters. The maximum atomic E-state index is 14.0. The van der Waals surface area contributed by atoms with Crippen molar-refractivity contribution >= 4 is 35.4 Å². The Morgan fingerprint density at radius 3 is 1.30 bits per heavy atom. The molecule has 0 radical (unpaired) electrons. The van der Waals surface area contributed by atoms with Crippen molar-refractivity contribution in [1.29, 1.82) is 0 Å². The number of aliphatic carboxylic acids is 2. The summed E-state index contributed by atoms with van der Waals surface area (Å²) in [4.78, 5) is 79.5. The Labute approximate surface area is 702 Å². The lowest BCUT2D eigenvalue weighted by Crippen LogP contribution is -2.71. The largest absolute Gasteiger partial charge is 0.477 e. The highest BCUT2D eigenvalue weighted by molar-refractivity contribution is 5.78. The molecule has 0 aliphatic carbocycles. The SMILES string of the molecule is CCCCCCCCCCCCC/C=C\[C@@H](O)[C@H](CO[C@@H]1O[C@H](CO)[C@@H](O[C@@H]2O[C@H](CO)[C@H](O[C@@H]3O[C@H](CO)[C@H](O)[C@H](O[C@@H]4O[C@H](CO)[C@H](O)[C@H](O[C@]5(C(=O)O)C[C@H](O)[C@@H](NC(C)=O)C([C@H](O)[C@H](O)CO)O5)[C@H]4O)[C@H]3CC(C)=O)[C@H](O[C@]3(C(=O)O)C[C@H](O)[C@@H](NC(C)=O)C([C@H](O)[C@H](O)CO)O3)[C@H]2O)[C@H](O)[C@H]1O)NC(=O)CCCCCCCCCCC. The summed E-state index contributed by atoms with van der Waals surface area (Å²) < 4.78 is 72.5. The van der Waals surface area contributed by atoms with Crippen LogP contribution in [-0.4, -0.2) is 390 Å². The summed E-state index contributed by atoms with van der Waals surface area (Å²) in [5, 5.41) is 244. The summed E-state index contributed by atoms with van der Waals surface area (Å²) in [5.41, 5.74) is 0. The smallest absolute Gasteiger partial charge is 0.364 e. The second kappa shape index (κ2) is 52.1. The van der Waals surface area contributed by atoms with Crippen molar-refractivity contribution in [2.45, 2.75) is 396 Å². The van der Waals surface area contributed by atoms with E-state index in [2.05, 4.69) is 29.8 Å². The van der Waals surface area contributed by atoms with Crippen LogP contribution >= 0.6 is 0 Å². The van der Waals surface area contributed by atoms with E-state index in [1.807, 2.05) is 0 Å². The number of carboxylic acid groups (broad SMARTS) is 2. The van der Waals surface area contributed by atoms with Crippen LogP contribution < -0.4 is 16.0 Å². The Hall–Kier alpha value is -4.48. The van der Waals surface area contributed by atoms with E-state index >= 15 is 0 Å². The van der Waals surface area contributed by atoms with Gasteiger partial charge in [0.1, 0.15) is 128 Å². The third-order valence-corrected chi connectivity index (χ3v) is 22.9. The molecule has 6 aliphatic heterocycles. The average Bonchev–Trinajstić information content (AvgIpc) is 0.753. The molecule has 121 heavy (non-hydrogen) atoms. The predicted molar refractivity (Wildman–Crippen MR) is 413 cm³/mol. The number of aliphatic hydroxyl groups is 19. The molecular formula is C79H137N3O39. The number of hydrogen-bond donors (Lipinski definition) is 24. The fourth-order valence-electron chi connectivity index (χ4n) is 16.1. The van der Waals surface area contributed by atoms with E-state index < -0.39 is 308 Å². The molecule has 42 nitrogen and oxygen atoms in total. The second-order valence-electron chi connectivity index (χ2n) is 32.5. The van der Waals surface area contributed by atoms with E-state index in [4.69, 9.17) is 56.8 Å². The zero-order valence-corrected chi connectivity index (χ0v) is 69.5. The van der Waals surface area contributed by atoms with Crippen molar-refractivity contribution in [2.75, 3.05) is 46.2 Å². The molecule has 0 bridgehead atoms. The number of ketones is 1. The molecule has 6 fully saturated rings. The van der Waals surface area contributed by atoms with Crippen molar-refractivity contribution in [3.8, 4) is 0 Å². The van der Waals surface area contributed by atoms with Crippen molar-refractivity contribution in [2.24, 2.45) is 5.92 Å². The van der Waals surface area contributed by atoms with E-state index in [-0.39, 0.29) is 6.42 Å². The third kappa shape index (κ3) is 29.5. The van der Waals surface area contributed by atoms with Gasteiger partial charge in [0.05, 0.1) is 88.8 Å². The van der Waals surface area contributed by atoms with Gasteiger partial charge in [-0.2, -0.15) is 0 Å². The first kappa shape index (κ1) is 105. The number of ether oxygens (including phenoxy) is 12. The van der Waals surface area contributed by atoms with Gasteiger partial charge in [-0.25, -0.2) is 9.59 Å². The van der Waals surface area contributed by atoms with Crippen LogP contribution in [0.2, 0.25) is 0 Å². The zero-order valence-electron chi connectivity index (χ0n) is 69.5. The van der Waals surface area contributed by atoms with Gasteiger partial charge >= 0.3 is 11.9 Å². The van der Waals surface area contributed by atoms with Gasteiger partial charge in [-0.1, -0.05) is 142 Å². The fraction of sp³-hybridized carbons (Fsp3) is 0.899.